The maximum atomic E-state index is 12.0. The molecule has 0 spiro atoms. The minimum Gasteiger partial charge on any atom is -0.355 e. The van der Waals surface area contributed by atoms with Crippen molar-refractivity contribution < 1.29 is 4.79 Å². The summed E-state index contributed by atoms with van der Waals surface area (Å²) in [5.41, 5.74) is 0. The highest BCUT2D eigenvalue weighted by Gasteiger charge is 2.24. The lowest BCUT2D eigenvalue weighted by molar-refractivity contribution is -0.123. The average molecular weight is 291 g/mol. The number of nitrogens with zero attached hydrogens (tertiary/aromatic N) is 4. The van der Waals surface area contributed by atoms with Crippen LogP contribution in [0, 0.1) is 12.8 Å². The Hall–Kier alpha value is -1.43. The number of nitrogens with one attached hydrogen (secondary N) is 1. The highest BCUT2D eigenvalue weighted by atomic mass is 16.2. The van der Waals surface area contributed by atoms with E-state index in [1.165, 1.54) is 19.3 Å². The first-order valence-electron chi connectivity index (χ1n) is 7.99. The second-order valence-electron chi connectivity index (χ2n) is 6.48. The molecule has 21 heavy (non-hydrogen) atoms. The summed E-state index contributed by atoms with van der Waals surface area (Å²) in [5.74, 6) is 2.70. The molecule has 6 heteroatoms. The Morgan fingerprint density at radius 1 is 1.38 bits per heavy atom. The van der Waals surface area contributed by atoms with E-state index in [1.54, 1.807) is 0 Å². The van der Waals surface area contributed by atoms with Gasteiger partial charge in [-0.05, 0) is 39.2 Å². The van der Waals surface area contributed by atoms with Gasteiger partial charge in [-0.3, -0.25) is 9.69 Å². The smallest absolute Gasteiger partial charge is 0.234 e. The molecule has 1 aliphatic carbocycles. The van der Waals surface area contributed by atoms with Gasteiger partial charge in [0.25, 0.3) is 0 Å². The second-order valence-corrected chi connectivity index (χ2v) is 6.48. The molecule has 0 aromatic carbocycles. The molecule has 1 aliphatic heterocycles. The Labute approximate surface area is 125 Å². The summed E-state index contributed by atoms with van der Waals surface area (Å²) < 4.78 is 2.18. The molecule has 2 aliphatic rings. The molecular weight excluding hydrogens is 266 g/mol. The Kier molecular flexibility index (Phi) is 4.24. The van der Waals surface area contributed by atoms with E-state index in [-0.39, 0.29) is 5.91 Å². The number of aromatic nitrogens is 3. The Morgan fingerprint density at radius 3 is 2.90 bits per heavy atom. The summed E-state index contributed by atoms with van der Waals surface area (Å²) in [4.78, 5) is 14.2. The van der Waals surface area contributed by atoms with Crippen molar-refractivity contribution in [3.05, 3.63) is 11.6 Å². The highest BCUT2D eigenvalue weighted by Crippen LogP contribution is 2.23. The van der Waals surface area contributed by atoms with Gasteiger partial charge in [-0.15, -0.1) is 10.2 Å². The summed E-state index contributed by atoms with van der Waals surface area (Å²) in [6.45, 7) is 4.20. The van der Waals surface area contributed by atoms with Crippen LogP contribution in [0.3, 0.4) is 0 Å². The zero-order valence-corrected chi connectivity index (χ0v) is 13.0. The molecule has 116 valence electrons. The van der Waals surface area contributed by atoms with Crippen molar-refractivity contribution >= 4 is 5.91 Å². The predicted molar refractivity (Wildman–Crippen MR) is 79.8 cm³/mol. The molecule has 1 aromatic rings. The highest BCUT2D eigenvalue weighted by molar-refractivity contribution is 5.78. The Balaban J connectivity index is 1.43. The first-order valence-corrected chi connectivity index (χ1v) is 7.99. The van der Waals surface area contributed by atoms with Gasteiger partial charge in [-0.2, -0.15) is 0 Å². The lowest BCUT2D eigenvalue weighted by Crippen LogP contribution is -2.44. The molecule has 3 rings (SSSR count). The van der Waals surface area contributed by atoms with Crippen molar-refractivity contribution in [3.63, 3.8) is 0 Å². The van der Waals surface area contributed by atoms with Crippen LogP contribution in [0.2, 0.25) is 0 Å². The van der Waals surface area contributed by atoms with Crippen molar-refractivity contribution in [1.82, 2.24) is 25.0 Å². The molecule has 1 amide bonds. The number of amides is 1. The third-order valence-corrected chi connectivity index (χ3v) is 4.91. The van der Waals surface area contributed by atoms with E-state index < -0.39 is 0 Å². The number of aryl methyl sites for hydroxylation is 2. The summed E-state index contributed by atoms with van der Waals surface area (Å²) in [5, 5.41) is 11.4. The fraction of sp³-hybridized carbons (Fsp3) is 0.800. The van der Waals surface area contributed by atoms with Crippen LogP contribution >= 0.6 is 0 Å². The van der Waals surface area contributed by atoms with Crippen LogP contribution in [-0.4, -0.2) is 51.8 Å². The summed E-state index contributed by atoms with van der Waals surface area (Å²) >= 11 is 0. The standard InChI is InChI=1S/C15H25N5O/c1-11-17-18-14-7-6-12(9-20(11)14)8-16-15(21)10-19(2)13-4-3-5-13/h12-13H,3-10H2,1-2H3,(H,16,21). The van der Waals surface area contributed by atoms with Crippen LogP contribution in [0.25, 0.3) is 0 Å². The Bertz CT molecular complexity index is 508. The van der Waals surface area contributed by atoms with Gasteiger partial charge in [0.1, 0.15) is 11.6 Å². The van der Waals surface area contributed by atoms with Gasteiger partial charge in [0.15, 0.2) is 0 Å². The van der Waals surface area contributed by atoms with E-state index in [4.69, 9.17) is 0 Å². The average Bonchev–Trinajstić information content (AvgIpc) is 2.76. The Morgan fingerprint density at radius 2 is 2.19 bits per heavy atom. The maximum absolute atomic E-state index is 12.0. The van der Waals surface area contributed by atoms with Gasteiger partial charge in [0, 0.05) is 25.6 Å². The van der Waals surface area contributed by atoms with Crippen LogP contribution in [-0.2, 0) is 17.8 Å². The molecule has 1 atom stereocenters. The first kappa shape index (κ1) is 14.5. The van der Waals surface area contributed by atoms with Crippen molar-refractivity contribution in [2.45, 2.75) is 51.6 Å². The quantitative estimate of drug-likeness (QED) is 0.869. The monoisotopic (exact) mass is 291 g/mol. The zero-order chi connectivity index (χ0) is 14.8. The lowest BCUT2D eigenvalue weighted by atomic mass is 9.92. The van der Waals surface area contributed by atoms with E-state index in [2.05, 4.69) is 32.0 Å². The van der Waals surface area contributed by atoms with Gasteiger partial charge in [-0.1, -0.05) is 6.42 Å². The number of carbonyl (C=O) groups excluding carboxylic acids is 1. The molecule has 1 fully saturated rings. The molecule has 1 saturated carbocycles. The van der Waals surface area contributed by atoms with E-state index in [9.17, 15) is 4.79 Å². The van der Waals surface area contributed by atoms with Crippen LogP contribution in [0.4, 0.5) is 0 Å². The molecule has 1 N–H and O–H groups in total. The molecule has 0 bridgehead atoms. The minimum atomic E-state index is 0.149. The van der Waals surface area contributed by atoms with Gasteiger partial charge >= 0.3 is 0 Å². The fourth-order valence-electron chi connectivity index (χ4n) is 3.19. The first-order chi connectivity index (χ1) is 10.1. The van der Waals surface area contributed by atoms with E-state index in [0.29, 0.717) is 18.5 Å². The van der Waals surface area contributed by atoms with Crippen LogP contribution in [0.1, 0.15) is 37.3 Å². The molecule has 1 aromatic heterocycles. The number of hydrogen-bond donors (Lipinski definition) is 1. The van der Waals surface area contributed by atoms with Gasteiger partial charge in [-0.25, -0.2) is 0 Å². The molecule has 2 heterocycles. The molecule has 1 unspecified atom stereocenters. The summed E-state index contributed by atoms with van der Waals surface area (Å²) in [6, 6.07) is 0.618. The number of hydrogen-bond acceptors (Lipinski definition) is 4. The fourth-order valence-corrected chi connectivity index (χ4v) is 3.19. The topological polar surface area (TPSA) is 63.1 Å². The van der Waals surface area contributed by atoms with E-state index in [1.807, 2.05) is 6.92 Å². The van der Waals surface area contributed by atoms with Crippen LogP contribution in [0.15, 0.2) is 0 Å². The third-order valence-electron chi connectivity index (χ3n) is 4.91. The number of fused-ring (bicyclic) bond motifs is 1. The summed E-state index contributed by atoms with van der Waals surface area (Å²) in [7, 11) is 2.05. The number of likely N-dealkylation sites (N-methyl/N-ethyl adjacent to an activating group) is 1. The van der Waals surface area contributed by atoms with Crippen LogP contribution in [0.5, 0.6) is 0 Å². The van der Waals surface area contributed by atoms with Crippen LogP contribution < -0.4 is 5.32 Å². The second kappa shape index (κ2) is 6.13. The molecule has 0 saturated heterocycles. The van der Waals surface area contributed by atoms with Crippen molar-refractivity contribution in [2.24, 2.45) is 5.92 Å². The largest absolute Gasteiger partial charge is 0.355 e. The lowest BCUT2D eigenvalue weighted by Gasteiger charge is -2.34. The zero-order valence-electron chi connectivity index (χ0n) is 13.0. The number of rotatable bonds is 5. The minimum absolute atomic E-state index is 0.149. The molecule has 6 nitrogen and oxygen atoms in total. The van der Waals surface area contributed by atoms with Crippen molar-refractivity contribution in [2.75, 3.05) is 20.1 Å². The van der Waals surface area contributed by atoms with Gasteiger partial charge in [0.05, 0.1) is 6.54 Å². The van der Waals surface area contributed by atoms with Gasteiger partial charge < -0.3 is 9.88 Å². The van der Waals surface area contributed by atoms with Gasteiger partial charge in [0.2, 0.25) is 5.91 Å². The maximum Gasteiger partial charge on any atom is 0.234 e. The van der Waals surface area contributed by atoms with Crippen molar-refractivity contribution in [1.29, 1.82) is 0 Å². The third kappa shape index (κ3) is 3.26. The normalized spacial score (nSPS) is 22.0. The van der Waals surface area contributed by atoms with Crippen molar-refractivity contribution in [3.8, 4) is 0 Å². The molecule has 0 radical (unpaired) electrons. The van der Waals surface area contributed by atoms with E-state index in [0.717, 1.165) is 37.6 Å². The SMILES string of the molecule is Cc1nnc2n1CC(CNC(=O)CN(C)C1CCC1)CC2. The predicted octanol–water partition coefficient (Wildman–Crippen LogP) is 0.749. The molecular formula is C15H25N5O. The summed E-state index contributed by atoms with van der Waals surface area (Å²) in [6.07, 6.45) is 5.82. The van der Waals surface area contributed by atoms with E-state index >= 15 is 0 Å². The number of carbonyl (C=O) groups is 1.